The summed E-state index contributed by atoms with van der Waals surface area (Å²) in [6.07, 6.45) is 8.01. The van der Waals surface area contributed by atoms with Gasteiger partial charge in [-0.05, 0) is 26.8 Å². The van der Waals surface area contributed by atoms with Gasteiger partial charge in [-0.25, -0.2) is 0 Å². The molecule has 0 aromatic rings. The van der Waals surface area contributed by atoms with Crippen molar-refractivity contribution in [3.8, 4) is 0 Å². The Labute approximate surface area is 125 Å². The summed E-state index contributed by atoms with van der Waals surface area (Å²) in [5.74, 6) is 0. The number of rotatable bonds is 8. The highest BCUT2D eigenvalue weighted by atomic mass is 16.5. The van der Waals surface area contributed by atoms with E-state index >= 15 is 0 Å². The highest BCUT2D eigenvalue weighted by molar-refractivity contribution is 4.87. The summed E-state index contributed by atoms with van der Waals surface area (Å²) in [5, 5.41) is 3.55. The van der Waals surface area contributed by atoms with Gasteiger partial charge in [-0.3, -0.25) is 4.90 Å². The van der Waals surface area contributed by atoms with E-state index in [9.17, 15) is 0 Å². The molecule has 0 saturated heterocycles. The van der Waals surface area contributed by atoms with Crippen molar-refractivity contribution in [1.29, 1.82) is 0 Å². The molecule has 0 radical (unpaired) electrons. The number of nitrogens with one attached hydrogen (secondary N) is 1. The molecule has 0 aromatic carbocycles. The summed E-state index contributed by atoms with van der Waals surface area (Å²) in [6, 6.07) is 1.63. The van der Waals surface area contributed by atoms with E-state index in [4.69, 9.17) is 9.47 Å². The van der Waals surface area contributed by atoms with Gasteiger partial charge >= 0.3 is 0 Å². The first-order chi connectivity index (χ1) is 9.74. The summed E-state index contributed by atoms with van der Waals surface area (Å²) >= 11 is 0. The molecule has 0 amide bonds. The van der Waals surface area contributed by atoms with Crippen LogP contribution in [-0.2, 0) is 9.47 Å². The molecule has 1 rings (SSSR count). The lowest BCUT2D eigenvalue weighted by Gasteiger charge is -2.41. The molecule has 4 nitrogen and oxygen atoms in total. The van der Waals surface area contributed by atoms with Gasteiger partial charge in [0.2, 0.25) is 0 Å². The third kappa shape index (κ3) is 5.68. The number of nitrogens with zero attached hydrogens (tertiary/aromatic N) is 1. The Kier molecular flexibility index (Phi) is 9.44. The van der Waals surface area contributed by atoms with Crippen molar-refractivity contribution in [3.05, 3.63) is 0 Å². The smallest absolute Gasteiger partial charge is 0.0615 e. The average molecular weight is 286 g/mol. The molecular weight excluding hydrogens is 252 g/mol. The standard InChI is InChI=1S/C16H34N2O2/c1-14(13-20-4)18(11-12-19-3)16-10-8-6-5-7-9-15(16)17-2/h14-17H,5-13H2,1-4H3. The molecule has 3 unspecified atom stereocenters. The van der Waals surface area contributed by atoms with Crippen LogP contribution in [0.5, 0.6) is 0 Å². The van der Waals surface area contributed by atoms with Crippen LogP contribution in [-0.4, -0.2) is 64.1 Å². The Hall–Kier alpha value is -0.160. The van der Waals surface area contributed by atoms with Gasteiger partial charge < -0.3 is 14.8 Å². The fraction of sp³-hybridized carbons (Fsp3) is 1.00. The summed E-state index contributed by atoms with van der Waals surface area (Å²) in [6.45, 7) is 4.84. The van der Waals surface area contributed by atoms with Gasteiger partial charge in [-0.1, -0.05) is 25.7 Å². The zero-order valence-corrected chi connectivity index (χ0v) is 13.9. The molecule has 0 heterocycles. The molecular formula is C16H34N2O2. The van der Waals surface area contributed by atoms with Crippen molar-refractivity contribution in [2.24, 2.45) is 0 Å². The van der Waals surface area contributed by atoms with E-state index in [1.165, 1.54) is 38.5 Å². The van der Waals surface area contributed by atoms with Crippen LogP contribution >= 0.6 is 0 Å². The number of ether oxygens (including phenoxy) is 2. The number of hydrogen-bond donors (Lipinski definition) is 1. The van der Waals surface area contributed by atoms with Crippen LogP contribution in [0.15, 0.2) is 0 Å². The number of likely N-dealkylation sites (N-methyl/N-ethyl adjacent to an activating group) is 1. The van der Waals surface area contributed by atoms with E-state index in [-0.39, 0.29) is 0 Å². The molecule has 0 aromatic heterocycles. The predicted molar refractivity (Wildman–Crippen MR) is 84.3 cm³/mol. The topological polar surface area (TPSA) is 33.7 Å². The average Bonchev–Trinajstić information content (AvgIpc) is 2.41. The van der Waals surface area contributed by atoms with Crippen molar-refractivity contribution in [2.45, 2.75) is 63.6 Å². The van der Waals surface area contributed by atoms with Gasteiger partial charge in [0.15, 0.2) is 0 Å². The molecule has 4 heteroatoms. The van der Waals surface area contributed by atoms with Crippen molar-refractivity contribution in [3.63, 3.8) is 0 Å². The van der Waals surface area contributed by atoms with Crippen LogP contribution < -0.4 is 5.32 Å². The van der Waals surface area contributed by atoms with Gasteiger partial charge in [0.1, 0.15) is 0 Å². The SMILES string of the molecule is CNC1CCCCCCC1N(CCOC)C(C)COC. The molecule has 0 spiro atoms. The van der Waals surface area contributed by atoms with E-state index in [1.54, 1.807) is 14.2 Å². The van der Waals surface area contributed by atoms with E-state index in [2.05, 4.69) is 24.2 Å². The van der Waals surface area contributed by atoms with E-state index in [0.29, 0.717) is 18.1 Å². The van der Waals surface area contributed by atoms with E-state index in [1.807, 2.05) is 0 Å². The maximum Gasteiger partial charge on any atom is 0.0615 e. The van der Waals surface area contributed by atoms with Crippen LogP contribution in [0.2, 0.25) is 0 Å². The fourth-order valence-corrected chi connectivity index (χ4v) is 3.45. The van der Waals surface area contributed by atoms with Gasteiger partial charge in [0.25, 0.3) is 0 Å². The van der Waals surface area contributed by atoms with Crippen molar-refractivity contribution >= 4 is 0 Å². The Morgan fingerprint density at radius 2 is 1.80 bits per heavy atom. The van der Waals surface area contributed by atoms with Gasteiger partial charge in [0, 0.05) is 38.9 Å². The van der Waals surface area contributed by atoms with Gasteiger partial charge in [-0.15, -0.1) is 0 Å². The minimum Gasteiger partial charge on any atom is -0.383 e. The highest BCUT2D eigenvalue weighted by Crippen LogP contribution is 2.23. The minimum atomic E-state index is 0.440. The van der Waals surface area contributed by atoms with E-state index < -0.39 is 0 Å². The van der Waals surface area contributed by atoms with Crippen molar-refractivity contribution in [1.82, 2.24) is 10.2 Å². The number of hydrogen-bond acceptors (Lipinski definition) is 4. The van der Waals surface area contributed by atoms with Crippen LogP contribution in [0.3, 0.4) is 0 Å². The maximum absolute atomic E-state index is 5.38. The second-order valence-electron chi connectivity index (χ2n) is 5.99. The lowest BCUT2D eigenvalue weighted by Crippen LogP contribution is -2.54. The first-order valence-electron chi connectivity index (χ1n) is 8.15. The van der Waals surface area contributed by atoms with Gasteiger partial charge in [0.05, 0.1) is 13.2 Å². The lowest BCUT2D eigenvalue weighted by molar-refractivity contribution is 0.0284. The minimum absolute atomic E-state index is 0.440. The summed E-state index contributed by atoms with van der Waals surface area (Å²) in [5.41, 5.74) is 0. The summed E-state index contributed by atoms with van der Waals surface area (Å²) in [7, 11) is 5.68. The molecule has 1 saturated carbocycles. The quantitative estimate of drug-likeness (QED) is 0.742. The third-order valence-corrected chi connectivity index (χ3v) is 4.55. The first-order valence-corrected chi connectivity index (χ1v) is 8.15. The largest absolute Gasteiger partial charge is 0.383 e. The van der Waals surface area contributed by atoms with Crippen LogP contribution in [0.4, 0.5) is 0 Å². The second kappa shape index (κ2) is 10.6. The monoisotopic (exact) mass is 286 g/mol. The molecule has 20 heavy (non-hydrogen) atoms. The normalized spacial score (nSPS) is 26.2. The number of methoxy groups -OCH3 is 2. The van der Waals surface area contributed by atoms with Crippen molar-refractivity contribution < 1.29 is 9.47 Å². The molecule has 0 bridgehead atoms. The van der Waals surface area contributed by atoms with Crippen LogP contribution in [0.25, 0.3) is 0 Å². The Morgan fingerprint density at radius 1 is 1.10 bits per heavy atom. The zero-order valence-electron chi connectivity index (χ0n) is 13.9. The van der Waals surface area contributed by atoms with Crippen molar-refractivity contribution in [2.75, 3.05) is 41.0 Å². The lowest BCUT2D eigenvalue weighted by atomic mass is 9.90. The molecule has 120 valence electrons. The second-order valence-corrected chi connectivity index (χ2v) is 5.99. The Morgan fingerprint density at radius 3 is 2.40 bits per heavy atom. The molecule has 1 aliphatic carbocycles. The Bertz CT molecular complexity index is 239. The summed E-state index contributed by atoms with van der Waals surface area (Å²) < 4.78 is 10.7. The molecule has 1 fully saturated rings. The first kappa shape index (κ1) is 17.9. The van der Waals surface area contributed by atoms with Gasteiger partial charge in [-0.2, -0.15) is 0 Å². The fourth-order valence-electron chi connectivity index (χ4n) is 3.45. The highest BCUT2D eigenvalue weighted by Gasteiger charge is 2.29. The summed E-state index contributed by atoms with van der Waals surface area (Å²) in [4.78, 5) is 2.60. The third-order valence-electron chi connectivity index (χ3n) is 4.55. The Balaban J connectivity index is 2.75. The molecule has 1 aliphatic rings. The van der Waals surface area contributed by atoms with Crippen LogP contribution in [0.1, 0.15) is 45.4 Å². The zero-order chi connectivity index (χ0) is 14.8. The molecule has 3 atom stereocenters. The van der Waals surface area contributed by atoms with E-state index in [0.717, 1.165) is 19.8 Å². The molecule has 1 N–H and O–H groups in total. The molecule has 0 aliphatic heterocycles. The predicted octanol–water partition coefficient (Wildman–Crippen LogP) is 2.28. The maximum atomic E-state index is 5.38. The van der Waals surface area contributed by atoms with Crippen LogP contribution in [0, 0.1) is 0 Å².